The molecule has 0 aliphatic carbocycles. The first kappa shape index (κ1) is 14.4. The van der Waals surface area contributed by atoms with E-state index in [1.165, 1.54) is 12.1 Å². The van der Waals surface area contributed by atoms with Gasteiger partial charge in [0, 0.05) is 44.0 Å². The fourth-order valence-corrected chi connectivity index (χ4v) is 2.08. The van der Waals surface area contributed by atoms with E-state index in [2.05, 4.69) is 22.2 Å². The van der Waals surface area contributed by atoms with E-state index in [9.17, 15) is 14.9 Å². The third kappa shape index (κ3) is 4.01. The van der Waals surface area contributed by atoms with E-state index in [4.69, 9.17) is 0 Å². The lowest BCUT2D eigenvalue weighted by Crippen LogP contribution is -2.47. The van der Waals surface area contributed by atoms with Gasteiger partial charge in [0.25, 0.3) is 5.69 Å². The van der Waals surface area contributed by atoms with Crippen molar-refractivity contribution in [2.45, 2.75) is 0 Å². The Bertz CT molecular complexity index is 481. The Morgan fingerprint density at radius 2 is 1.85 bits per heavy atom. The van der Waals surface area contributed by atoms with Crippen LogP contribution in [0.3, 0.4) is 0 Å². The molecule has 7 heteroatoms. The van der Waals surface area contributed by atoms with Gasteiger partial charge in [-0.1, -0.05) is 0 Å². The van der Waals surface area contributed by atoms with Gasteiger partial charge in [-0.05, 0) is 19.2 Å². The van der Waals surface area contributed by atoms with E-state index in [1.54, 1.807) is 12.1 Å². The van der Waals surface area contributed by atoms with Gasteiger partial charge >= 0.3 is 0 Å². The minimum Gasteiger partial charge on any atom is -0.325 e. The predicted octanol–water partition coefficient (Wildman–Crippen LogP) is 0.781. The first-order chi connectivity index (χ1) is 9.54. The van der Waals surface area contributed by atoms with Crippen molar-refractivity contribution in [3.05, 3.63) is 34.4 Å². The average Bonchev–Trinajstić information content (AvgIpc) is 2.42. The molecule has 0 saturated carbocycles. The van der Waals surface area contributed by atoms with Crippen molar-refractivity contribution >= 4 is 17.3 Å². The number of hydrogen-bond donors (Lipinski definition) is 1. The van der Waals surface area contributed by atoms with E-state index in [1.807, 2.05) is 0 Å². The highest BCUT2D eigenvalue weighted by atomic mass is 16.6. The summed E-state index contributed by atoms with van der Waals surface area (Å²) >= 11 is 0. The molecule has 20 heavy (non-hydrogen) atoms. The van der Waals surface area contributed by atoms with Gasteiger partial charge < -0.3 is 10.2 Å². The number of piperazine rings is 1. The highest BCUT2D eigenvalue weighted by molar-refractivity contribution is 5.92. The largest absolute Gasteiger partial charge is 0.325 e. The minimum absolute atomic E-state index is 0.0158. The molecule has 1 aromatic rings. The lowest BCUT2D eigenvalue weighted by atomic mass is 10.3. The maximum absolute atomic E-state index is 11.9. The molecule has 7 nitrogen and oxygen atoms in total. The van der Waals surface area contributed by atoms with Crippen molar-refractivity contribution in [3.63, 3.8) is 0 Å². The normalized spacial score (nSPS) is 16.9. The van der Waals surface area contributed by atoms with Crippen LogP contribution in [0.2, 0.25) is 0 Å². The Morgan fingerprint density at radius 1 is 1.25 bits per heavy atom. The summed E-state index contributed by atoms with van der Waals surface area (Å²) in [5.74, 6) is -0.0941. The zero-order chi connectivity index (χ0) is 14.5. The lowest BCUT2D eigenvalue weighted by Gasteiger charge is -2.31. The van der Waals surface area contributed by atoms with E-state index in [0.29, 0.717) is 12.2 Å². The Labute approximate surface area is 117 Å². The topological polar surface area (TPSA) is 78.7 Å². The van der Waals surface area contributed by atoms with Gasteiger partial charge in [-0.3, -0.25) is 19.8 Å². The summed E-state index contributed by atoms with van der Waals surface area (Å²) in [6.07, 6.45) is 0. The van der Waals surface area contributed by atoms with Gasteiger partial charge in [0.05, 0.1) is 11.5 Å². The molecule has 108 valence electrons. The lowest BCUT2D eigenvalue weighted by molar-refractivity contribution is -0.384. The molecule has 1 aliphatic heterocycles. The second-order valence-electron chi connectivity index (χ2n) is 4.93. The summed E-state index contributed by atoms with van der Waals surface area (Å²) < 4.78 is 0. The van der Waals surface area contributed by atoms with Crippen LogP contribution in [0.4, 0.5) is 11.4 Å². The number of carbonyl (C=O) groups excluding carboxylic acids is 1. The molecule has 2 rings (SSSR count). The van der Waals surface area contributed by atoms with E-state index in [-0.39, 0.29) is 11.6 Å². The fourth-order valence-electron chi connectivity index (χ4n) is 2.08. The van der Waals surface area contributed by atoms with E-state index >= 15 is 0 Å². The summed E-state index contributed by atoms with van der Waals surface area (Å²) in [4.78, 5) is 26.3. The highest BCUT2D eigenvalue weighted by Crippen LogP contribution is 2.15. The number of benzene rings is 1. The Kier molecular flexibility index (Phi) is 4.65. The molecule has 1 N–H and O–H groups in total. The molecule has 0 spiro atoms. The number of rotatable bonds is 4. The van der Waals surface area contributed by atoms with Crippen LogP contribution in [-0.2, 0) is 4.79 Å². The number of non-ortho nitro benzene ring substituents is 1. The van der Waals surface area contributed by atoms with Crippen LogP contribution < -0.4 is 5.32 Å². The summed E-state index contributed by atoms with van der Waals surface area (Å²) in [6, 6.07) is 5.84. The molecule has 1 amide bonds. The number of amides is 1. The molecule has 1 saturated heterocycles. The van der Waals surface area contributed by atoms with Crippen LogP contribution in [-0.4, -0.2) is 60.4 Å². The Morgan fingerprint density at radius 3 is 2.40 bits per heavy atom. The van der Waals surface area contributed by atoms with E-state index in [0.717, 1.165) is 26.2 Å². The van der Waals surface area contributed by atoms with Gasteiger partial charge in [-0.15, -0.1) is 0 Å². The van der Waals surface area contributed by atoms with Crippen LogP contribution >= 0.6 is 0 Å². The molecule has 0 unspecified atom stereocenters. The molecule has 0 aromatic heterocycles. The van der Waals surface area contributed by atoms with Crippen LogP contribution in [0, 0.1) is 10.1 Å². The van der Waals surface area contributed by atoms with Gasteiger partial charge in [0.15, 0.2) is 0 Å². The molecule has 0 radical (unpaired) electrons. The van der Waals surface area contributed by atoms with Crippen molar-refractivity contribution in [3.8, 4) is 0 Å². The second-order valence-corrected chi connectivity index (χ2v) is 4.93. The number of carbonyl (C=O) groups is 1. The van der Waals surface area contributed by atoms with Gasteiger partial charge in [-0.2, -0.15) is 0 Å². The van der Waals surface area contributed by atoms with Gasteiger partial charge in [-0.25, -0.2) is 0 Å². The van der Waals surface area contributed by atoms with Gasteiger partial charge in [0.2, 0.25) is 5.91 Å². The third-order valence-corrected chi connectivity index (χ3v) is 3.32. The number of nitro groups is 1. The first-order valence-corrected chi connectivity index (χ1v) is 6.50. The number of anilines is 1. The summed E-state index contributed by atoms with van der Waals surface area (Å²) in [6.45, 7) is 4.04. The smallest absolute Gasteiger partial charge is 0.269 e. The molecular weight excluding hydrogens is 260 g/mol. The molecule has 1 heterocycles. The second kappa shape index (κ2) is 6.44. The summed E-state index contributed by atoms with van der Waals surface area (Å²) in [7, 11) is 2.06. The standard InChI is InChI=1S/C13H18N4O3/c1-15-6-8-16(9-7-15)10-13(18)14-11-2-4-12(5-3-11)17(19)20/h2-5H,6-10H2,1H3,(H,14,18). The van der Waals surface area contributed by atoms with E-state index < -0.39 is 4.92 Å². The molecule has 1 fully saturated rings. The number of nitrogens with one attached hydrogen (secondary N) is 1. The van der Waals surface area contributed by atoms with Crippen LogP contribution in [0.25, 0.3) is 0 Å². The summed E-state index contributed by atoms with van der Waals surface area (Å²) in [5, 5.41) is 13.3. The van der Waals surface area contributed by atoms with Crippen molar-refractivity contribution in [2.75, 3.05) is 45.1 Å². The number of nitro benzene ring substituents is 1. The van der Waals surface area contributed by atoms with Crippen LogP contribution in [0.1, 0.15) is 0 Å². The zero-order valence-electron chi connectivity index (χ0n) is 11.4. The first-order valence-electron chi connectivity index (χ1n) is 6.50. The average molecular weight is 278 g/mol. The quantitative estimate of drug-likeness (QED) is 0.650. The van der Waals surface area contributed by atoms with Crippen molar-refractivity contribution in [2.24, 2.45) is 0 Å². The fraction of sp³-hybridized carbons (Fsp3) is 0.462. The van der Waals surface area contributed by atoms with Crippen molar-refractivity contribution in [1.29, 1.82) is 0 Å². The van der Waals surface area contributed by atoms with Crippen molar-refractivity contribution < 1.29 is 9.72 Å². The molecule has 0 bridgehead atoms. The third-order valence-electron chi connectivity index (χ3n) is 3.32. The number of hydrogen-bond acceptors (Lipinski definition) is 5. The number of nitrogens with zero attached hydrogens (tertiary/aromatic N) is 3. The van der Waals surface area contributed by atoms with Crippen LogP contribution in [0.15, 0.2) is 24.3 Å². The predicted molar refractivity (Wildman–Crippen MR) is 75.7 cm³/mol. The Balaban J connectivity index is 1.83. The molecule has 1 aromatic carbocycles. The maximum Gasteiger partial charge on any atom is 0.269 e. The number of likely N-dealkylation sites (N-methyl/N-ethyl adjacent to an activating group) is 1. The highest BCUT2D eigenvalue weighted by Gasteiger charge is 2.16. The maximum atomic E-state index is 11.9. The SMILES string of the molecule is CN1CCN(CC(=O)Nc2ccc([N+](=O)[O-])cc2)CC1. The van der Waals surface area contributed by atoms with Gasteiger partial charge in [0.1, 0.15) is 0 Å². The summed E-state index contributed by atoms with van der Waals surface area (Å²) in [5.41, 5.74) is 0.594. The molecule has 1 aliphatic rings. The molecular formula is C13H18N4O3. The zero-order valence-corrected chi connectivity index (χ0v) is 11.4. The Hall–Kier alpha value is -1.99. The minimum atomic E-state index is -0.462. The monoisotopic (exact) mass is 278 g/mol. The molecule has 0 atom stereocenters. The van der Waals surface area contributed by atoms with Crippen LogP contribution in [0.5, 0.6) is 0 Å². The van der Waals surface area contributed by atoms with Crippen molar-refractivity contribution in [1.82, 2.24) is 9.80 Å².